The summed E-state index contributed by atoms with van der Waals surface area (Å²) in [6.07, 6.45) is 0.140. The maximum atomic E-state index is 13.8. The average molecular weight is 616 g/mol. The number of ether oxygens (including phenoxy) is 1. The van der Waals surface area contributed by atoms with E-state index >= 15 is 0 Å². The molecule has 0 aliphatic heterocycles. The van der Waals surface area contributed by atoms with Crippen molar-refractivity contribution in [3.63, 3.8) is 0 Å². The Balaban J connectivity index is 3.35. The van der Waals surface area contributed by atoms with E-state index in [1.165, 1.54) is 11.8 Å². The van der Waals surface area contributed by atoms with Gasteiger partial charge in [-0.3, -0.25) is 19.2 Å². The molecule has 0 aromatic heterocycles. The van der Waals surface area contributed by atoms with E-state index in [0.29, 0.717) is 12.8 Å². The molecule has 1 aromatic carbocycles. The third-order valence-electron chi connectivity index (χ3n) is 7.84. The second-order valence-electron chi connectivity index (χ2n) is 13.7. The fourth-order valence-electron chi connectivity index (χ4n) is 4.90. The Labute approximate surface area is 265 Å². The van der Waals surface area contributed by atoms with E-state index in [1.807, 2.05) is 92.6 Å². The van der Waals surface area contributed by atoms with E-state index in [9.17, 15) is 24.0 Å². The third kappa shape index (κ3) is 13.2. The number of hydrogen-bond acceptors (Lipinski definition) is 6. The summed E-state index contributed by atoms with van der Waals surface area (Å²) in [5, 5.41) is 5.71. The van der Waals surface area contributed by atoms with Crippen molar-refractivity contribution in [3.8, 4) is 0 Å². The predicted octanol–water partition coefficient (Wildman–Crippen LogP) is 4.96. The van der Waals surface area contributed by atoms with Crippen LogP contribution >= 0.6 is 0 Å². The summed E-state index contributed by atoms with van der Waals surface area (Å²) >= 11 is 0. The molecule has 0 spiro atoms. The van der Waals surface area contributed by atoms with Gasteiger partial charge in [-0.1, -0.05) is 92.6 Å². The number of Topliss-reactive ketones (excluding diaryl/α,β-unsaturated/α-hetero) is 1. The maximum absolute atomic E-state index is 13.8. The number of hydrogen-bond donors (Lipinski definition) is 2. The summed E-state index contributed by atoms with van der Waals surface area (Å²) in [6.45, 7) is 18.9. The first-order valence-electron chi connectivity index (χ1n) is 16.1. The molecule has 1 aromatic rings. The van der Waals surface area contributed by atoms with E-state index in [1.54, 1.807) is 7.05 Å². The lowest BCUT2D eigenvalue weighted by Crippen LogP contribution is -2.55. The molecule has 9 heteroatoms. The molecule has 5 atom stereocenters. The lowest BCUT2D eigenvalue weighted by atomic mass is 9.95. The first kappa shape index (κ1) is 38.8. The van der Waals surface area contributed by atoms with E-state index in [2.05, 4.69) is 10.6 Å². The van der Waals surface area contributed by atoms with Crippen LogP contribution in [-0.4, -0.2) is 65.7 Å². The SMILES string of the molecule is CC(=O)[C@H](CC(C)C)N(C)C(=O)C(CC(C)C)OC(=O)[C@H](Cc1ccccc1)NC(=O)[C@H](CC(C)C)NC(=O)[C@@H](C)C(C)C. The fourth-order valence-corrected chi connectivity index (χ4v) is 4.90. The Morgan fingerprint density at radius 2 is 1.25 bits per heavy atom. The maximum Gasteiger partial charge on any atom is 0.329 e. The van der Waals surface area contributed by atoms with Gasteiger partial charge in [-0.15, -0.1) is 0 Å². The van der Waals surface area contributed by atoms with Gasteiger partial charge in [-0.25, -0.2) is 4.79 Å². The van der Waals surface area contributed by atoms with Crippen LogP contribution in [0.1, 0.15) is 94.1 Å². The van der Waals surface area contributed by atoms with Crippen LogP contribution in [0.3, 0.4) is 0 Å². The smallest absolute Gasteiger partial charge is 0.329 e. The third-order valence-corrected chi connectivity index (χ3v) is 7.84. The number of esters is 1. The molecule has 3 amide bonds. The monoisotopic (exact) mass is 615 g/mol. The number of ketones is 1. The highest BCUT2D eigenvalue weighted by atomic mass is 16.5. The lowest BCUT2D eigenvalue weighted by molar-refractivity contribution is -0.164. The van der Waals surface area contributed by atoms with Crippen molar-refractivity contribution in [3.05, 3.63) is 35.9 Å². The zero-order chi connectivity index (χ0) is 33.7. The normalized spacial score (nSPS) is 15.0. The Bertz CT molecular complexity index is 1090. The molecule has 0 heterocycles. The summed E-state index contributed by atoms with van der Waals surface area (Å²) in [5.41, 5.74) is 0.796. The predicted molar refractivity (Wildman–Crippen MR) is 173 cm³/mol. The molecule has 2 N–H and O–H groups in total. The van der Waals surface area contributed by atoms with Gasteiger partial charge in [0.25, 0.3) is 5.91 Å². The number of amides is 3. The van der Waals surface area contributed by atoms with Gasteiger partial charge < -0.3 is 20.3 Å². The molecule has 0 aliphatic carbocycles. The van der Waals surface area contributed by atoms with Crippen molar-refractivity contribution < 1.29 is 28.7 Å². The average Bonchev–Trinajstić information content (AvgIpc) is 2.93. The van der Waals surface area contributed by atoms with Crippen LogP contribution < -0.4 is 10.6 Å². The first-order valence-corrected chi connectivity index (χ1v) is 16.1. The molecule has 44 heavy (non-hydrogen) atoms. The number of benzene rings is 1. The summed E-state index contributed by atoms with van der Waals surface area (Å²) in [4.78, 5) is 67.8. The molecule has 0 aliphatic rings. The second kappa shape index (κ2) is 18.5. The van der Waals surface area contributed by atoms with Crippen molar-refractivity contribution in [2.75, 3.05) is 7.05 Å². The second-order valence-corrected chi connectivity index (χ2v) is 13.7. The van der Waals surface area contributed by atoms with Crippen LogP contribution in [0.15, 0.2) is 30.3 Å². The van der Waals surface area contributed by atoms with E-state index in [-0.39, 0.29) is 54.1 Å². The van der Waals surface area contributed by atoms with E-state index in [0.717, 1.165) is 5.56 Å². The number of nitrogens with zero attached hydrogens (tertiary/aromatic N) is 1. The van der Waals surface area contributed by atoms with Gasteiger partial charge in [0, 0.05) is 19.4 Å². The molecule has 0 radical (unpaired) electrons. The zero-order valence-corrected chi connectivity index (χ0v) is 28.8. The van der Waals surface area contributed by atoms with Crippen LogP contribution in [0.2, 0.25) is 0 Å². The van der Waals surface area contributed by atoms with Gasteiger partial charge in [0.1, 0.15) is 12.1 Å². The first-order chi connectivity index (χ1) is 20.4. The lowest BCUT2D eigenvalue weighted by Gasteiger charge is -2.32. The topological polar surface area (TPSA) is 122 Å². The van der Waals surface area contributed by atoms with Gasteiger partial charge in [-0.05, 0) is 55.4 Å². The molecular weight excluding hydrogens is 558 g/mol. The summed E-state index contributed by atoms with van der Waals surface area (Å²) in [6, 6.07) is 6.64. The minimum absolute atomic E-state index is 0.0155. The minimum atomic E-state index is -1.13. The van der Waals surface area contributed by atoms with Crippen LogP contribution in [-0.2, 0) is 35.1 Å². The van der Waals surface area contributed by atoms with Gasteiger partial charge in [-0.2, -0.15) is 0 Å². The van der Waals surface area contributed by atoms with Crippen LogP contribution in [0, 0.1) is 29.6 Å². The molecule has 248 valence electrons. The molecule has 0 bridgehead atoms. The van der Waals surface area contributed by atoms with Gasteiger partial charge in [0.15, 0.2) is 11.9 Å². The van der Waals surface area contributed by atoms with Crippen molar-refractivity contribution in [2.24, 2.45) is 29.6 Å². The summed E-state index contributed by atoms with van der Waals surface area (Å²) in [5.74, 6) is -1.96. The van der Waals surface area contributed by atoms with E-state index in [4.69, 9.17) is 4.74 Å². The largest absolute Gasteiger partial charge is 0.451 e. The number of nitrogens with one attached hydrogen (secondary N) is 2. The van der Waals surface area contributed by atoms with Crippen molar-refractivity contribution in [1.82, 2.24) is 15.5 Å². The van der Waals surface area contributed by atoms with Crippen molar-refractivity contribution in [1.29, 1.82) is 0 Å². The number of likely N-dealkylation sites (N-methyl/N-ethyl adjacent to an activating group) is 1. The molecule has 0 fully saturated rings. The highest BCUT2D eigenvalue weighted by Crippen LogP contribution is 2.19. The Kier molecular flexibility index (Phi) is 16.4. The number of rotatable bonds is 18. The van der Waals surface area contributed by atoms with E-state index < -0.39 is 42.0 Å². The minimum Gasteiger partial charge on any atom is -0.451 e. The molecule has 0 saturated heterocycles. The molecule has 0 saturated carbocycles. The molecule has 1 unspecified atom stereocenters. The quantitative estimate of drug-likeness (QED) is 0.225. The van der Waals surface area contributed by atoms with Crippen LogP contribution in [0.4, 0.5) is 0 Å². The number of carbonyl (C=O) groups is 5. The molecule has 1 rings (SSSR count). The Morgan fingerprint density at radius 1 is 0.727 bits per heavy atom. The molecule has 9 nitrogen and oxygen atoms in total. The van der Waals surface area contributed by atoms with Crippen LogP contribution in [0.5, 0.6) is 0 Å². The number of carbonyl (C=O) groups excluding carboxylic acids is 5. The van der Waals surface area contributed by atoms with Crippen molar-refractivity contribution >= 4 is 29.5 Å². The summed E-state index contributed by atoms with van der Waals surface area (Å²) in [7, 11) is 1.57. The Hall–Kier alpha value is -3.23. The molecular formula is C35H57N3O6. The van der Waals surface area contributed by atoms with Crippen LogP contribution in [0.25, 0.3) is 0 Å². The summed E-state index contributed by atoms with van der Waals surface area (Å²) < 4.78 is 5.88. The van der Waals surface area contributed by atoms with Gasteiger partial charge in [0.05, 0.1) is 6.04 Å². The standard InChI is InChI=1S/C35H57N3O6/c1-21(2)17-28(36-32(40)25(9)24(7)8)33(41)37-29(20-27-15-13-12-14-16-27)35(43)44-31(19-23(5)6)34(42)38(11)30(26(10)39)18-22(3)4/h12-16,21-25,28-31H,17-20H2,1-11H3,(H,36,40)(H,37,41)/t25-,28-,29-,30-,31?/m0/s1. The van der Waals surface area contributed by atoms with Gasteiger partial charge in [0.2, 0.25) is 11.8 Å². The fraction of sp³-hybridized carbons (Fsp3) is 0.686. The van der Waals surface area contributed by atoms with Gasteiger partial charge >= 0.3 is 5.97 Å². The highest BCUT2D eigenvalue weighted by molar-refractivity contribution is 5.93. The highest BCUT2D eigenvalue weighted by Gasteiger charge is 2.36. The Morgan fingerprint density at radius 3 is 1.73 bits per heavy atom. The zero-order valence-electron chi connectivity index (χ0n) is 28.8. The van der Waals surface area contributed by atoms with Crippen molar-refractivity contribution in [2.45, 2.75) is 119 Å².